The van der Waals surface area contributed by atoms with Crippen molar-refractivity contribution in [3.63, 3.8) is 0 Å². The molecule has 0 saturated carbocycles. The first-order valence-corrected chi connectivity index (χ1v) is 5.48. The fraction of sp³-hybridized carbons (Fsp3) is 0.583. The van der Waals surface area contributed by atoms with Gasteiger partial charge in [-0.1, -0.05) is 6.07 Å². The second-order valence-electron chi connectivity index (χ2n) is 4.02. The molecule has 1 rings (SSSR count). The van der Waals surface area contributed by atoms with Crippen molar-refractivity contribution >= 4 is 0 Å². The van der Waals surface area contributed by atoms with Gasteiger partial charge in [0.25, 0.3) is 0 Å². The summed E-state index contributed by atoms with van der Waals surface area (Å²) in [4.78, 5) is 6.64. The zero-order valence-corrected chi connectivity index (χ0v) is 9.90. The van der Waals surface area contributed by atoms with Crippen molar-refractivity contribution in [3.8, 4) is 0 Å². The van der Waals surface area contributed by atoms with Crippen LogP contribution in [0.4, 0.5) is 0 Å². The molecule has 1 unspecified atom stereocenters. The Morgan fingerprint density at radius 2 is 2.27 bits per heavy atom. The minimum absolute atomic E-state index is 0.540. The maximum absolute atomic E-state index is 4.31. The molecule has 1 aromatic rings. The van der Waals surface area contributed by atoms with Crippen molar-refractivity contribution in [2.24, 2.45) is 0 Å². The zero-order chi connectivity index (χ0) is 11.1. The molecule has 0 aliphatic rings. The lowest BCUT2D eigenvalue weighted by atomic mass is 10.2. The second kappa shape index (κ2) is 6.53. The van der Waals surface area contributed by atoms with Gasteiger partial charge in [0.05, 0.1) is 0 Å². The van der Waals surface area contributed by atoms with Gasteiger partial charge in [0.2, 0.25) is 0 Å². The molecule has 1 aromatic heterocycles. The summed E-state index contributed by atoms with van der Waals surface area (Å²) >= 11 is 0. The highest BCUT2D eigenvalue weighted by Gasteiger charge is 2.04. The van der Waals surface area contributed by atoms with E-state index in [1.165, 1.54) is 5.69 Å². The number of nitrogens with one attached hydrogen (secondary N) is 1. The van der Waals surface area contributed by atoms with Gasteiger partial charge in [-0.3, -0.25) is 4.98 Å². The topological polar surface area (TPSA) is 28.2 Å². The van der Waals surface area contributed by atoms with Crippen LogP contribution >= 0.6 is 0 Å². The van der Waals surface area contributed by atoms with Crippen LogP contribution in [-0.2, 0) is 6.42 Å². The van der Waals surface area contributed by atoms with E-state index >= 15 is 0 Å². The van der Waals surface area contributed by atoms with Crippen LogP contribution in [0.3, 0.4) is 0 Å². The minimum atomic E-state index is 0.540. The van der Waals surface area contributed by atoms with E-state index in [0.717, 1.165) is 19.5 Å². The zero-order valence-electron chi connectivity index (χ0n) is 9.90. The van der Waals surface area contributed by atoms with Gasteiger partial charge in [-0.2, -0.15) is 0 Å². The Kier molecular flexibility index (Phi) is 5.29. The molecule has 0 radical (unpaired) electrons. The molecule has 0 aliphatic carbocycles. The number of hydrogen-bond donors (Lipinski definition) is 1. The Labute approximate surface area is 92.5 Å². The van der Waals surface area contributed by atoms with E-state index in [0.29, 0.717) is 6.04 Å². The van der Waals surface area contributed by atoms with Gasteiger partial charge in [0.15, 0.2) is 0 Å². The van der Waals surface area contributed by atoms with Crippen LogP contribution in [0.2, 0.25) is 0 Å². The summed E-state index contributed by atoms with van der Waals surface area (Å²) in [6.45, 7) is 4.32. The van der Waals surface area contributed by atoms with E-state index in [4.69, 9.17) is 0 Å². The predicted molar refractivity (Wildman–Crippen MR) is 64.0 cm³/mol. The van der Waals surface area contributed by atoms with Crippen molar-refractivity contribution in [2.45, 2.75) is 19.4 Å². The van der Waals surface area contributed by atoms with Gasteiger partial charge in [-0.15, -0.1) is 0 Å². The van der Waals surface area contributed by atoms with Crippen molar-refractivity contribution in [1.82, 2.24) is 15.2 Å². The van der Waals surface area contributed by atoms with Gasteiger partial charge in [0.1, 0.15) is 0 Å². The van der Waals surface area contributed by atoms with Crippen LogP contribution in [-0.4, -0.2) is 43.1 Å². The molecule has 0 bridgehead atoms. The lowest BCUT2D eigenvalue weighted by molar-refractivity contribution is 0.305. The van der Waals surface area contributed by atoms with Crippen LogP contribution in [0.5, 0.6) is 0 Å². The highest BCUT2D eigenvalue weighted by atomic mass is 15.1. The smallest absolute Gasteiger partial charge is 0.0416 e. The molecule has 3 heteroatoms. The average Bonchev–Trinajstić information content (AvgIpc) is 2.27. The van der Waals surface area contributed by atoms with Gasteiger partial charge in [0, 0.05) is 37.4 Å². The summed E-state index contributed by atoms with van der Waals surface area (Å²) in [7, 11) is 4.15. The van der Waals surface area contributed by atoms with Crippen molar-refractivity contribution in [3.05, 3.63) is 30.1 Å². The average molecular weight is 207 g/mol. The van der Waals surface area contributed by atoms with Gasteiger partial charge in [-0.25, -0.2) is 0 Å². The van der Waals surface area contributed by atoms with Crippen molar-refractivity contribution in [1.29, 1.82) is 0 Å². The van der Waals surface area contributed by atoms with Gasteiger partial charge >= 0.3 is 0 Å². The molecule has 3 nitrogen and oxygen atoms in total. The highest BCUT2D eigenvalue weighted by molar-refractivity contribution is 5.03. The Morgan fingerprint density at radius 3 is 2.87 bits per heavy atom. The van der Waals surface area contributed by atoms with E-state index < -0.39 is 0 Å². The van der Waals surface area contributed by atoms with E-state index in [1.807, 2.05) is 25.4 Å². The minimum Gasteiger partial charge on any atom is -0.316 e. The molecular formula is C12H21N3. The molecule has 0 spiro atoms. The summed E-state index contributed by atoms with van der Waals surface area (Å²) in [5.74, 6) is 0. The fourth-order valence-electron chi connectivity index (χ4n) is 1.50. The normalized spacial score (nSPS) is 13.1. The van der Waals surface area contributed by atoms with Crippen LogP contribution in [0.15, 0.2) is 24.4 Å². The first kappa shape index (κ1) is 12.1. The number of rotatable bonds is 6. The van der Waals surface area contributed by atoms with Gasteiger partial charge < -0.3 is 10.2 Å². The SMILES string of the molecule is CNC(C)CN(C)CCc1ccccn1. The molecular weight excluding hydrogens is 186 g/mol. The lowest BCUT2D eigenvalue weighted by Gasteiger charge is -2.20. The van der Waals surface area contributed by atoms with Crippen molar-refractivity contribution in [2.75, 3.05) is 27.2 Å². The lowest BCUT2D eigenvalue weighted by Crippen LogP contribution is -2.36. The van der Waals surface area contributed by atoms with Crippen LogP contribution in [0.25, 0.3) is 0 Å². The Morgan fingerprint density at radius 1 is 1.47 bits per heavy atom. The van der Waals surface area contributed by atoms with E-state index in [2.05, 4.69) is 35.2 Å². The molecule has 15 heavy (non-hydrogen) atoms. The number of nitrogens with zero attached hydrogens (tertiary/aromatic N) is 2. The van der Waals surface area contributed by atoms with E-state index in [9.17, 15) is 0 Å². The number of pyridine rings is 1. The fourth-order valence-corrected chi connectivity index (χ4v) is 1.50. The maximum atomic E-state index is 4.31. The Hall–Kier alpha value is -0.930. The molecule has 0 aromatic carbocycles. The third kappa shape index (κ3) is 4.91. The molecule has 84 valence electrons. The molecule has 0 fully saturated rings. The van der Waals surface area contributed by atoms with Gasteiger partial charge in [-0.05, 0) is 33.2 Å². The quantitative estimate of drug-likeness (QED) is 0.759. The first-order valence-electron chi connectivity index (χ1n) is 5.48. The molecule has 0 saturated heterocycles. The molecule has 1 N–H and O–H groups in total. The number of likely N-dealkylation sites (N-methyl/N-ethyl adjacent to an activating group) is 2. The summed E-state index contributed by atoms with van der Waals surface area (Å²) < 4.78 is 0. The Bertz CT molecular complexity index is 261. The summed E-state index contributed by atoms with van der Waals surface area (Å²) in [5, 5.41) is 3.24. The van der Waals surface area contributed by atoms with Crippen LogP contribution < -0.4 is 5.32 Å². The van der Waals surface area contributed by atoms with E-state index in [1.54, 1.807) is 0 Å². The number of aromatic nitrogens is 1. The van der Waals surface area contributed by atoms with E-state index in [-0.39, 0.29) is 0 Å². The largest absolute Gasteiger partial charge is 0.316 e. The summed E-state index contributed by atoms with van der Waals surface area (Å²) in [5.41, 5.74) is 1.17. The predicted octanol–water partition coefficient (Wildman–Crippen LogP) is 1.16. The molecule has 1 heterocycles. The molecule has 0 aliphatic heterocycles. The first-order chi connectivity index (χ1) is 7.22. The number of hydrogen-bond acceptors (Lipinski definition) is 3. The van der Waals surface area contributed by atoms with Crippen LogP contribution in [0, 0.1) is 0 Å². The second-order valence-corrected chi connectivity index (χ2v) is 4.02. The monoisotopic (exact) mass is 207 g/mol. The van der Waals surface area contributed by atoms with Crippen molar-refractivity contribution < 1.29 is 0 Å². The molecule has 1 atom stereocenters. The summed E-state index contributed by atoms with van der Waals surface area (Å²) in [6, 6.07) is 6.61. The third-order valence-electron chi connectivity index (χ3n) is 2.55. The molecule has 0 amide bonds. The maximum Gasteiger partial charge on any atom is 0.0416 e. The third-order valence-corrected chi connectivity index (χ3v) is 2.55. The Balaban J connectivity index is 2.25. The van der Waals surface area contributed by atoms with Crippen LogP contribution in [0.1, 0.15) is 12.6 Å². The highest BCUT2D eigenvalue weighted by Crippen LogP contribution is 1.97. The summed E-state index contributed by atoms with van der Waals surface area (Å²) in [6.07, 6.45) is 2.87. The standard InChI is InChI=1S/C12H21N3/c1-11(13-2)10-15(3)9-7-12-6-4-5-8-14-12/h4-6,8,11,13H,7,9-10H2,1-3H3.